The van der Waals surface area contributed by atoms with Crippen molar-refractivity contribution < 1.29 is 19.0 Å². The molecule has 0 rings (SSSR count). The maximum atomic E-state index is 10.6. The van der Waals surface area contributed by atoms with Crippen LogP contribution in [0.5, 0.6) is 0 Å². The average Bonchev–Trinajstić information content (AvgIpc) is 2.20. The van der Waals surface area contributed by atoms with Crippen LogP contribution in [0.4, 0.5) is 0 Å². The Balaban J connectivity index is 2.89. The predicted octanol–water partition coefficient (Wildman–Crippen LogP) is 1.43. The van der Waals surface area contributed by atoms with E-state index in [1.54, 1.807) is 6.92 Å². The second kappa shape index (κ2) is 11.6. The number of Topliss-reactive ketones (excluding diaryl/α,β-unsaturated/α-hetero) is 1. The van der Waals surface area contributed by atoms with Gasteiger partial charge in [-0.3, -0.25) is 4.79 Å². The smallest absolute Gasteiger partial charge is 0.132 e. The van der Waals surface area contributed by atoms with E-state index in [1.165, 1.54) is 0 Å². The fourth-order valence-electron chi connectivity index (χ4n) is 0.902. The summed E-state index contributed by atoms with van der Waals surface area (Å²) in [5, 5.41) is 0. The first kappa shape index (κ1) is 14.6. The van der Waals surface area contributed by atoms with Gasteiger partial charge in [0.1, 0.15) is 5.78 Å². The summed E-state index contributed by atoms with van der Waals surface area (Å²) in [6.07, 6.45) is 1.52. The molecular formula is C11H22O4. The van der Waals surface area contributed by atoms with Crippen LogP contribution in [0, 0.1) is 0 Å². The lowest BCUT2D eigenvalue weighted by atomic mass is 10.3. The van der Waals surface area contributed by atoms with E-state index in [2.05, 4.69) is 6.92 Å². The molecule has 0 aromatic heterocycles. The molecule has 0 aliphatic rings. The van der Waals surface area contributed by atoms with E-state index < -0.39 is 0 Å². The van der Waals surface area contributed by atoms with Gasteiger partial charge >= 0.3 is 0 Å². The van der Waals surface area contributed by atoms with Crippen molar-refractivity contribution >= 4 is 5.78 Å². The summed E-state index contributed by atoms with van der Waals surface area (Å²) in [5.74, 6) is 0.156. The molecule has 0 aliphatic carbocycles. The highest BCUT2D eigenvalue weighted by molar-refractivity contribution is 5.75. The predicted molar refractivity (Wildman–Crippen MR) is 58.0 cm³/mol. The number of rotatable bonds is 11. The van der Waals surface area contributed by atoms with Gasteiger partial charge in [-0.25, -0.2) is 0 Å². The summed E-state index contributed by atoms with van der Waals surface area (Å²) >= 11 is 0. The molecule has 4 nitrogen and oxygen atoms in total. The Morgan fingerprint density at radius 1 is 0.867 bits per heavy atom. The Labute approximate surface area is 91.9 Å². The van der Waals surface area contributed by atoms with Gasteiger partial charge in [0, 0.05) is 13.0 Å². The van der Waals surface area contributed by atoms with E-state index >= 15 is 0 Å². The number of hydrogen-bond acceptors (Lipinski definition) is 4. The molecule has 0 saturated heterocycles. The summed E-state index contributed by atoms with van der Waals surface area (Å²) in [7, 11) is 0. The Hall–Kier alpha value is -0.450. The molecule has 0 atom stereocenters. The first-order valence-electron chi connectivity index (χ1n) is 5.50. The molecule has 90 valence electrons. The minimum Gasteiger partial charge on any atom is -0.379 e. The molecule has 0 fully saturated rings. The maximum absolute atomic E-state index is 10.6. The van der Waals surface area contributed by atoms with Crippen molar-refractivity contribution in [2.75, 3.05) is 39.6 Å². The Morgan fingerprint density at radius 3 is 1.80 bits per heavy atom. The zero-order chi connectivity index (χ0) is 11.4. The first-order chi connectivity index (χ1) is 7.27. The number of carbonyl (C=O) groups is 1. The molecule has 0 radical (unpaired) electrons. The van der Waals surface area contributed by atoms with Crippen molar-refractivity contribution in [3.63, 3.8) is 0 Å². The minimum atomic E-state index is 0.156. The summed E-state index contributed by atoms with van der Waals surface area (Å²) < 4.78 is 15.7. The number of ketones is 1. The van der Waals surface area contributed by atoms with E-state index in [-0.39, 0.29) is 5.78 Å². The third kappa shape index (κ3) is 13.6. The van der Waals surface area contributed by atoms with Crippen molar-refractivity contribution in [2.45, 2.75) is 26.7 Å². The molecule has 0 spiro atoms. The zero-order valence-corrected chi connectivity index (χ0v) is 9.79. The van der Waals surface area contributed by atoms with Gasteiger partial charge in [-0.1, -0.05) is 6.92 Å². The van der Waals surface area contributed by atoms with Crippen LogP contribution < -0.4 is 0 Å². The highest BCUT2D eigenvalue weighted by Gasteiger charge is 1.93. The van der Waals surface area contributed by atoms with Crippen molar-refractivity contribution in [3.05, 3.63) is 0 Å². The molecule has 0 N–H and O–H groups in total. The van der Waals surface area contributed by atoms with Crippen LogP contribution in [0.1, 0.15) is 26.7 Å². The standard InChI is InChI=1S/C11H22O4/c1-3-5-13-7-9-15-10-8-14-6-4-11(2)12/h3-10H2,1-2H3. The fourth-order valence-corrected chi connectivity index (χ4v) is 0.902. The molecule has 0 aromatic rings. The van der Waals surface area contributed by atoms with Crippen molar-refractivity contribution in [2.24, 2.45) is 0 Å². The van der Waals surface area contributed by atoms with E-state index in [1.807, 2.05) is 0 Å². The maximum Gasteiger partial charge on any atom is 0.132 e. The largest absolute Gasteiger partial charge is 0.379 e. The molecule has 0 bridgehead atoms. The van der Waals surface area contributed by atoms with Gasteiger partial charge in [0.2, 0.25) is 0 Å². The van der Waals surface area contributed by atoms with Gasteiger partial charge in [-0.2, -0.15) is 0 Å². The zero-order valence-electron chi connectivity index (χ0n) is 9.79. The Kier molecular flexibility index (Phi) is 11.3. The van der Waals surface area contributed by atoms with E-state index in [0.717, 1.165) is 13.0 Å². The first-order valence-corrected chi connectivity index (χ1v) is 5.50. The lowest BCUT2D eigenvalue weighted by Crippen LogP contribution is -2.10. The highest BCUT2D eigenvalue weighted by Crippen LogP contribution is 1.86. The van der Waals surface area contributed by atoms with Gasteiger partial charge in [0.05, 0.1) is 33.0 Å². The fraction of sp³-hybridized carbons (Fsp3) is 0.909. The van der Waals surface area contributed by atoms with Crippen LogP contribution in [0.2, 0.25) is 0 Å². The van der Waals surface area contributed by atoms with Crippen LogP contribution >= 0.6 is 0 Å². The molecule has 0 saturated carbocycles. The minimum absolute atomic E-state index is 0.156. The molecule has 0 unspecified atom stereocenters. The molecule has 0 heterocycles. The third-order valence-electron chi connectivity index (χ3n) is 1.69. The Bertz CT molecular complexity index is 148. The van der Waals surface area contributed by atoms with Crippen molar-refractivity contribution in [1.29, 1.82) is 0 Å². The molecule has 0 amide bonds. The summed E-state index contributed by atoms with van der Waals surface area (Å²) in [6.45, 7) is 7.27. The van der Waals surface area contributed by atoms with Crippen LogP contribution in [0.3, 0.4) is 0 Å². The lowest BCUT2D eigenvalue weighted by Gasteiger charge is -2.05. The number of ether oxygens (including phenoxy) is 3. The summed E-state index contributed by atoms with van der Waals surface area (Å²) in [5.41, 5.74) is 0. The molecular weight excluding hydrogens is 196 g/mol. The molecule has 4 heteroatoms. The van der Waals surface area contributed by atoms with Gasteiger partial charge in [-0.05, 0) is 13.3 Å². The monoisotopic (exact) mass is 218 g/mol. The van der Waals surface area contributed by atoms with E-state index in [9.17, 15) is 4.79 Å². The van der Waals surface area contributed by atoms with E-state index in [0.29, 0.717) is 39.5 Å². The average molecular weight is 218 g/mol. The molecule has 0 aliphatic heterocycles. The SMILES string of the molecule is CCCOCCOCCOCCC(C)=O. The van der Waals surface area contributed by atoms with Gasteiger partial charge < -0.3 is 14.2 Å². The number of hydrogen-bond donors (Lipinski definition) is 0. The van der Waals surface area contributed by atoms with Crippen LogP contribution in [-0.2, 0) is 19.0 Å². The van der Waals surface area contributed by atoms with Gasteiger partial charge in [0.25, 0.3) is 0 Å². The van der Waals surface area contributed by atoms with Crippen LogP contribution in [-0.4, -0.2) is 45.4 Å². The van der Waals surface area contributed by atoms with Crippen molar-refractivity contribution in [1.82, 2.24) is 0 Å². The van der Waals surface area contributed by atoms with Gasteiger partial charge in [0.15, 0.2) is 0 Å². The Morgan fingerprint density at radius 2 is 1.33 bits per heavy atom. The van der Waals surface area contributed by atoms with Crippen LogP contribution in [0.15, 0.2) is 0 Å². The quantitative estimate of drug-likeness (QED) is 0.492. The second-order valence-electron chi connectivity index (χ2n) is 3.29. The molecule has 0 aromatic carbocycles. The summed E-state index contributed by atoms with van der Waals surface area (Å²) in [4.78, 5) is 10.6. The second-order valence-corrected chi connectivity index (χ2v) is 3.29. The van der Waals surface area contributed by atoms with Gasteiger partial charge in [-0.15, -0.1) is 0 Å². The lowest BCUT2D eigenvalue weighted by molar-refractivity contribution is -0.118. The van der Waals surface area contributed by atoms with Crippen LogP contribution in [0.25, 0.3) is 0 Å². The third-order valence-corrected chi connectivity index (χ3v) is 1.69. The molecule has 15 heavy (non-hydrogen) atoms. The highest BCUT2D eigenvalue weighted by atomic mass is 16.5. The van der Waals surface area contributed by atoms with Crippen molar-refractivity contribution in [3.8, 4) is 0 Å². The topological polar surface area (TPSA) is 44.8 Å². The normalized spacial score (nSPS) is 10.5. The summed E-state index contributed by atoms with van der Waals surface area (Å²) in [6, 6.07) is 0. The van der Waals surface area contributed by atoms with E-state index in [4.69, 9.17) is 14.2 Å². The number of carbonyl (C=O) groups excluding carboxylic acids is 1.